The monoisotopic (exact) mass is 412 g/mol. The summed E-state index contributed by atoms with van der Waals surface area (Å²) < 4.78 is 0.428. The maximum atomic E-state index is 11.5. The minimum atomic E-state index is -0.608. The smallest absolute Gasteiger partial charge is 0.333 e. The van der Waals surface area contributed by atoms with Gasteiger partial charge in [-0.2, -0.15) is 0 Å². The van der Waals surface area contributed by atoms with Crippen LogP contribution in [-0.2, 0) is 24.0 Å². The van der Waals surface area contributed by atoms with Crippen molar-refractivity contribution in [2.45, 2.75) is 45.4 Å². The average molecular weight is 412 g/mol. The van der Waals surface area contributed by atoms with Gasteiger partial charge in [0.25, 0.3) is 12.3 Å². The van der Waals surface area contributed by atoms with Gasteiger partial charge in [-0.15, -0.1) is 5.06 Å². The second-order valence-corrected chi connectivity index (χ2v) is 5.10. The molecule has 0 bridgehead atoms. The predicted octanol–water partition coefficient (Wildman–Crippen LogP) is 1.34. The van der Waals surface area contributed by atoms with Crippen LogP contribution in [0.3, 0.4) is 0 Å². The summed E-state index contributed by atoms with van der Waals surface area (Å²) in [5, 5.41) is 3.18. The van der Waals surface area contributed by atoms with Crippen molar-refractivity contribution in [3.05, 3.63) is 0 Å². The Bertz CT molecular complexity index is 362. The van der Waals surface area contributed by atoms with E-state index in [1.165, 1.54) is 0 Å². The molecular formula is C13H21IN2O5. The summed E-state index contributed by atoms with van der Waals surface area (Å²) in [4.78, 5) is 49.2. The molecule has 21 heavy (non-hydrogen) atoms. The van der Waals surface area contributed by atoms with Crippen LogP contribution in [0, 0.1) is 0 Å². The van der Waals surface area contributed by atoms with Crippen LogP contribution in [0.5, 0.6) is 0 Å². The normalized spacial score (nSPS) is 9.81. The molecular weight excluding hydrogens is 391 g/mol. The Hall–Kier alpha value is -1.19. The fourth-order valence-electron chi connectivity index (χ4n) is 1.46. The fourth-order valence-corrected chi connectivity index (χ4v) is 1.73. The van der Waals surface area contributed by atoms with E-state index >= 15 is 0 Å². The number of alkyl halides is 1. The van der Waals surface area contributed by atoms with Crippen LogP contribution >= 0.6 is 22.6 Å². The van der Waals surface area contributed by atoms with E-state index in [2.05, 4.69) is 10.2 Å². The van der Waals surface area contributed by atoms with Gasteiger partial charge in [0.1, 0.15) is 0 Å². The number of imide groups is 1. The van der Waals surface area contributed by atoms with Gasteiger partial charge in [-0.25, -0.2) is 4.79 Å². The summed E-state index contributed by atoms with van der Waals surface area (Å²) in [6, 6.07) is 0. The van der Waals surface area contributed by atoms with Crippen molar-refractivity contribution in [3.8, 4) is 0 Å². The van der Waals surface area contributed by atoms with Crippen LogP contribution in [0.25, 0.3) is 0 Å². The number of hydrogen-bond acceptors (Lipinski definition) is 5. The first-order chi connectivity index (χ1) is 10.0. The second-order valence-electron chi connectivity index (χ2n) is 4.33. The number of halogens is 1. The number of rotatable bonds is 10. The molecule has 0 atom stereocenters. The van der Waals surface area contributed by atoms with E-state index in [-0.39, 0.29) is 25.2 Å². The molecule has 0 rings (SSSR count). The molecule has 0 spiro atoms. The van der Waals surface area contributed by atoms with Gasteiger partial charge >= 0.3 is 5.97 Å². The molecule has 0 heterocycles. The molecule has 0 saturated heterocycles. The number of hydrogen-bond donors (Lipinski definition) is 1. The van der Waals surface area contributed by atoms with Crippen LogP contribution in [0.4, 0.5) is 0 Å². The summed E-state index contributed by atoms with van der Waals surface area (Å²) in [6.07, 6.45) is 3.15. The van der Waals surface area contributed by atoms with E-state index in [1.807, 2.05) is 22.6 Å². The molecule has 0 aliphatic heterocycles. The quantitative estimate of drug-likeness (QED) is 0.192. The van der Waals surface area contributed by atoms with Crippen LogP contribution in [0.15, 0.2) is 0 Å². The van der Waals surface area contributed by atoms with Gasteiger partial charge in [-0.1, -0.05) is 35.9 Å². The molecule has 120 valence electrons. The lowest BCUT2D eigenvalue weighted by molar-refractivity contribution is -0.196. The summed E-state index contributed by atoms with van der Waals surface area (Å²) in [6.45, 7) is 2.37. The number of unbranched alkanes of at least 4 members (excludes halogenated alkanes) is 2. The van der Waals surface area contributed by atoms with Crippen molar-refractivity contribution in [3.63, 3.8) is 0 Å². The number of carbonyl (C=O) groups excluding carboxylic acids is 4. The van der Waals surface area contributed by atoms with E-state index in [4.69, 9.17) is 0 Å². The Morgan fingerprint density at radius 3 is 2.48 bits per heavy atom. The number of carbonyl (C=O) groups is 4. The van der Waals surface area contributed by atoms with Gasteiger partial charge in [-0.3, -0.25) is 14.4 Å². The Kier molecular flexibility index (Phi) is 11.8. The summed E-state index contributed by atoms with van der Waals surface area (Å²) in [5.74, 6) is -1.14. The lowest BCUT2D eigenvalue weighted by atomic mass is 10.2. The van der Waals surface area contributed by atoms with E-state index in [1.54, 1.807) is 6.92 Å². The molecule has 7 nitrogen and oxygen atoms in total. The molecule has 0 unspecified atom stereocenters. The Labute approximate surface area is 137 Å². The molecule has 0 aliphatic carbocycles. The average Bonchev–Trinajstić information content (AvgIpc) is 2.48. The van der Waals surface area contributed by atoms with Crippen LogP contribution in [0.1, 0.15) is 45.4 Å². The Morgan fingerprint density at radius 1 is 1.19 bits per heavy atom. The summed E-state index contributed by atoms with van der Waals surface area (Å²) >= 11 is 1.98. The van der Waals surface area contributed by atoms with Crippen LogP contribution in [0.2, 0.25) is 0 Å². The largest absolute Gasteiger partial charge is 0.355 e. The SMILES string of the molecule is CCCC(=O)N(C=O)OC(=O)CCCCCNC(=O)CI. The van der Waals surface area contributed by atoms with E-state index < -0.39 is 11.9 Å². The molecule has 0 aromatic heterocycles. The van der Waals surface area contributed by atoms with Gasteiger partial charge in [0, 0.05) is 19.4 Å². The van der Waals surface area contributed by atoms with Crippen molar-refractivity contribution in [1.29, 1.82) is 0 Å². The first-order valence-electron chi connectivity index (χ1n) is 6.86. The van der Waals surface area contributed by atoms with Gasteiger partial charge < -0.3 is 10.2 Å². The zero-order chi connectivity index (χ0) is 16.1. The molecule has 3 amide bonds. The minimum Gasteiger partial charge on any atom is -0.355 e. The number of nitrogens with one attached hydrogen (secondary N) is 1. The Morgan fingerprint density at radius 2 is 1.90 bits per heavy atom. The molecule has 0 aromatic rings. The third kappa shape index (κ3) is 10.2. The third-order valence-corrected chi connectivity index (χ3v) is 3.20. The maximum absolute atomic E-state index is 11.5. The summed E-state index contributed by atoms with van der Waals surface area (Å²) in [5.41, 5.74) is 0. The highest BCUT2D eigenvalue weighted by atomic mass is 127. The standard InChI is InChI=1S/C13H21IN2O5/c1-2-6-12(19)16(10-17)21-13(20)7-4-3-5-8-15-11(18)9-14/h10H,2-9H2,1H3,(H,15,18). The topological polar surface area (TPSA) is 92.8 Å². The third-order valence-electron chi connectivity index (χ3n) is 2.51. The molecule has 0 aliphatic rings. The fraction of sp³-hybridized carbons (Fsp3) is 0.692. The minimum absolute atomic E-state index is 0.00827. The van der Waals surface area contributed by atoms with Crippen molar-refractivity contribution in [1.82, 2.24) is 10.4 Å². The lowest BCUT2D eigenvalue weighted by Crippen LogP contribution is -2.32. The molecule has 0 fully saturated rings. The zero-order valence-corrected chi connectivity index (χ0v) is 14.3. The van der Waals surface area contributed by atoms with E-state index in [0.29, 0.717) is 28.9 Å². The van der Waals surface area contributed by atoms with Gasteiger partial charge in [-0.05, 0) is 19.3 Å². The van der Waals surface area contributed by atoms with Crippen LogP contribution in [-0.4, -0.2) is 40.2 Å². The maximum Gasteiger partial charge on any atom is 0.333 e. The highest BCUT2D eigenvalue weighted by Gasteiger charge is 2.16. The van der Waals surface area contributed by atoms with Gasteiger partial charge in [0.05, 0.1) is 4.43 Å². The van der Waals surface area contributed by atoms with Crippen LogP contribution < -0.4 is 5.32 Å². The van der Waals surface area contributed by atoms with E-state index in [9.17, 15) is 19.2 Å². The highest BCUT2D eigenvalue weighted by molar-refractivity contribution is 14.1. The van der Waals surface area contributed by atoms with Crippen molar-refractivity contribution in [2.24, 2.45) is 0 Å². The van der Waals surface area contributed by atoms with Gasteiger partial charge in [0.2, 0.25) is 5.91 Å². The predicted molar refractivity (Wildman–Crippen MR) is 84.3 cm³/mol. The number of amides is 3. The molecule has 8 heteroatoms. The molecule has 0 aromatic carbocycles. The summed E-state index contributed by atoms with van der Waals surface area (Å²) in [7, 11) is 0. The zero-order valence-electron chi connectivity index (χ0n) is 12.1. The van der Waals surface area contributed by atoms with Crippen molar-refractivity contribution in [2.75, 3.05) is 11.0 Å². The van der Waals surface area contributed by atoms with Crippen molar-refractivity contribution < 1.29 is 24.0 Å². The molecule has 0 radical (unpaired) electrons. The molecule has 1 N–H and O–H groups in total. The lowest BCUT2D eigenvalue weighted by Gasteiger charge is -2.13. The molecule has 0 saturated carbocycles. The number of nitrogens with zero attached hydrogens (tertiary/aromatic N) is 1. The van der Waals surface area contributed by atoms with Crippen molar-refractivity contribution >= 4 is 46.8 Å². The first kappa shape index (κ1) is 19.8. The highest BCUT2D eigenvalue weighted by Crippen LogP contribution is 2.03. The van der Waals surface area contributed by atoms with E-state index in [0.717, 1.165) is 12.8 Å². The number of hydroxylamine groups is 2. The second kappa shape index (κ2) is 12.5. The van der Waals surface area contributed by atoms with Gasteiger partial charge in [0.15, 0.2) is 0 Å². The first-order valence-corrected chi connectivity index (χ1v) is 8.38. The Balaban J connectivity index is 3.76.